The van der Waals surface area contributed by atoms with E-state index in [-0.39, 0.29) is 11.6 Å². The maximum absolute atomic E-state index is 12.3. The second-order valence-electron chi connectivity index (χ2n) is 5.54. The van der Waals surface area contributed by atoms with Crippen molar-refractivity contribution in [2.75, 3.05) is 30.9 Å². The lowest BCUT2D eigenvalue weighted by Gasteiger charge is -2.09. The van der Waals surface area contributed by atoms with Crippen molar-refractivity contribution in [3.8, 4) is 11.5 Å². The van der Waals surface area contributed by atoms with Crippen LogP contribution in [0.25, 0.3) is 0 Å². The largest absolute Gasteiger partial charge is 0.497 e. The number of ether oxygens (including phenoxy) is 2. The van der Waals surface area contributed by atoms with E-state index >= 15 is 0 Å². The number of amides is 1. The van der Waals surface area contributed by atoms with Gasteiger partial charge in [-0.25, -0.2) is 9.97 Å². The number of carbonyl (C=O) groups is 1. The van der Waals surface area contributed by atoms with Gasteiger partial charge in [-0.05, 0) is 42.5 Å². The summed E-state index contributed by atoms with van der Waals surface area (Å²) >= 11 is 0. The van der Waals surface area contributed by atoms with Crippen molar-refractivity contribution in [2.24, 2.45) is 0 Å². The number of anilines is 2. The zero-order valence-corrected chi connectivity index (χ0v) is 14.9. The van der Waals surface area contributed by atoms with Gasteiger partial charge in [0.2, 0.25) is 5.95 Å². The van der Waals surface area contributed by atoms with Crippen molar-refractivity contribution in [1.29, 1.82) is 0 Å². The standard InChI is InChI=1S/C20H20N4O3/c1-26-16-7-9-17(10-8-16)27-14-13-22-20-21-12-11-18(24-20)19(25)23-15-5-3-2-4-6-15/h2-12H,13-14H2,1H3,(H,23,25)(H,21,22,24). The molecule has 0 aliphatic heterocycles. The van der Waals surface area contributed by atoms with Crippen LogP contribution in [-0.2, 0) is 0 Å². The summed E-state index contributed by atoms with van der Waals surface area (Å²) in [6, 6.07) is 18.1. The molecule has 3 rings (SSSR count). The summed E-state index contributed by atoms with van der Waals surface area (Å²) in [4.78, 5) is 20.6. The normalized spacial score (nSPS) is 10.1. The second-order valence-corrected chi connectivity index (χ2v) is 5.54. The summed E-state index contributed by atoms with van der Waals surface area (Å²) in [6.45, 7) is 0.923. The number of hydrogen-bond donors (Lipinski definition) is 2. The van der Waals surface area contributed by atoms with Gasteiger partial charge in [-0.2, -0.15) is 0 Å². The van der Waals surface area contributed by atoms with Gasteiger partial charge in [0.1, 0.15) is 23.8 Å². The van der Waals surface area contributed by atoms with Crippen molar-refractivity contribution < 1.29 is 14.3 Å². The first kappa shape index (κ1) is 18.2. The van der Waals surface area contributed by atoms with Gasteiger partial charge in [-0.3, -0.25) is 4.79 Å². The van der Waals surface area contributed by atoms with Crippen molar-refractivity contribution in [2.45, 2.75) is 0 Å². The van der Waals surface area contributed by atoms with Gasteiger partial charge in [0.15, 0.2) is 0 Å². The zero-order valence-electron chi connectivity index (χ0n) is 14.9. The third-order valence-corrected chi connectivity index (χ3v) is 3.63. The van der Waals surface area contributed by atoms with Crippen molar-refractivity contribution in [3.05, 3.63) is 72.6 Å². The first-order valence-corrected chi connectivity index (χ1v) is 8.45. The highest BCUT2D eigenvalue weighted by atomic mass is 16.5. The molecule has 138 valence electrons. The monoisotopic (exact) mass is 364 g/mol. The molecule has 0 radical (unpaired) electrons. The molecule has 0 unspecified atom stereocenters. The first-order chi connectivity index (χ1) is 13.2. The van der Waals surface area contributed by atoms with Crippen LogP contribution in [0, 0.1) is 0 Å². The quantitative estimate of drug-likeness (QED) is 0.597. The third kappa shape index (κ3) is 5.43. The van der Waals surface area contributed by atoms with E-state index in [9.17, 15) is 4.79 Å². The SMILES string of the molecule is COc1ccc(OCCNc2nccc(C(=O)Nc3ccccc3)n2)cc1. The number of nitrogens with one attached hydrogen (secondary N) is 2. The van der Waals surface area contributed by atoms with Gasteiger partial charge in [-0.15, -0.1) is 0 Å². The smallest absolute Gasteiger partial charge is 0.274 e. The minimum absolute atomic E-state index is 0.285. The Labute approximate surface area is 157 Å². The van der Waals surface area contributed by atoms with E-state index in [0.717, 1.165) is 11.5 Å². The average Bonchev–Trinajstić information content (AvgIpc) is 2.72. The molecular weight excluding hydrogens is 344 g/mol. The Morgan fingerprint density at radius 1 is 1.00 bits per heavy atom. The lowest BCUT2D eigenvalue weighted by molar-refractivity contribution is 0.102. The van der Waals surface area contributed by atoms with Gasteiger partial charge < -0.3 is 20.1 Å². The molecule has 7 heteroatoms. The molecule has 0 spiro atoms. The Balaban J connectivity index is 1.49. The Morgan fingerprint density at radius 3 is 2.48 bits per heavy atom. The van der Waals surface area contributed by atoms with Gasteiger partial charge in [0.05, 0.1) is 13.7 Å². The molecule has 0 aliphatic carbocycles. The summed E-state index contributed by atoms with van der Waals surface area (Å²) in [5, 5.41) is 5.84. The second kappa shape index (κ2) is 9.19. The fourth-order valence-corrected chi connectivity index (χ4v) is 2.29. The fraction of sp³-hybridized carbons (Fsp3) is 0.150. The topological polar surface area (TPSA) is 85.4 Å². The molecule has 2 N–H and O–H groups in total. The minimum atomic E-state index is -0.291. The summed E-state index contributed by atoms with van der Waals surface area (Å²) in [5.74, 6) is 1.60. The van der Waals surface area contributed by atoms with Crippen molar-refractivity contribution in [3.63, 3.8) is 0 Å². The van der Waals surface area contributed by atoms with Crippen LogP contribution >= 0.6 is 0 Å². The van der Waals surface area contributed by atoms with Crippen molar-refractivity contribution >= 4 is 17.5 Å². The molecule has 0 fully saturated rings. The summed E-state index contributed by atoms with van der Waals surface area (Å²) in [5.41, 5.74) is 0.996. The molecule has 1 aromatic heterocycles. The van der Waals surface area contributed by atoms with Gasteiger partial charge in [0, 0.05) is 11.9 Å². The maximum Gasteiger partial charge on any atom is 0.274 e. The number of benzene rings is 2. The molecule has 0 saturated carbocycles. The Morgan fingerprint density at radius 2 is 1.74 bits per heavy atom. The predicted octanol–water partition coefficient (Wildman–Crippen LogP) is 3.23. The molecule has 0 bridgehead atoms. The maximum atomic E-state index is 12.3. The summed E-state index contributed by atoms with van der Waals surface area (Å²) in [7, 11) is 1.62. The van der Waals surface area contributed by atoms with E-state index < -0.39 is 0 Å². The van der Waals surface area contributed by atoms with Gasteiger partial charge in [0.25, 0.3) is 5.91 Å². The van der Waals surface area contributed by atoms with E-state index in [1.807, 2.05) is 54.6 Å². The number of rotatable bonds is 8. The first-order valence-electron chi connectivity index (χ1n) is 8.45. The molecule has 0 atom stereocenters. The van der Waals surface area contributed by atoms with E-state index in [4.69, 9.17) is 9.47 Å². The van der Waals surface area contributed by atoms with Crippen LogP contribution in [-0.4, -0.2) is 36.1 Å². The lowest BCUT2D eigenvalue weighted by Crippen LogP contribution is -2.17. The van der Waals surface area contributed by atoms with Crippen LogP contribution in [0.3, 0.4) is 0 Å². The summed E-state index contributed by atoms with van der Waals surface area (Å²) in [6.07, 6.45) is 1.54. The minimum Gasteiger partial charge on any atom is -0.497 e. The molecule has 0 saturated heterocycles. The van der Waals surface area contributed by atoms with E-state index in [0.29, 0.717) is 24.8 Å². The molecule has 7 nitrogen and oxygen atoms in total. The van der Waals surface area contributed by atoms with Gasteiger partial charge >= 0.3 is 0 Å². The lowest BCUT2D eigenvalue weighted by atomic mass is 10.3. The van der Waals surface area contributed by atoms with Crippen LogP contribution in [0.2, 0.25) is 0 Å². The van der Waals surface area contributed by atoms with E-state index in [2.05, 4.69) is 20.6 Å². The summed E-state index contributed by atoms with van der Waals surface area (Å²) < 4.78 is 10.7. The number of nitrogens with zero attached hydrogens (tertiary/aromatic N) is 2. The highest BCUT2D eigenvalue weighted by Crippen LogP contribution is 2.16. The number of methoxy groups -OCH3 is 1. The predicted molar refractivity (Wildman–Crippen MR) is 103 cm³/mol. The van der Waals surface area contributed by atoms with Crippen LogP contribution in [0.15, 0.2) is 66.9 Å². The van der Waals surface area contributed by atoms with E-state index in [1.165, 1.54) is 0 Å². The van der Waals surface area contributed by atoms with Crippen LogP contribution < -0.4 is 20.1 Å². The Bertz CT molecular complexity index is 870. The van der Waals surface area contributed by atoms with Crippen LogP contribution in [0.4, 0.5) is 11.6 Å². The molecule has 0 aliphatic rings. The van der Waals surface area contributed by atoms with Crippen LogP contribution in [0.5, 0.6) is 11.5 Å². The van der Waals surface area contributed by atoms with Crippen molar-refractivity contribution in [1.82, 2.24) is 9.97 Å². The number of para-hydroxylation sites is 1. The molecule has 3 aromatic rings. The third-order valence-electron chi connectivity index (χ3n) is 3.63. The molecule has 1 heterocycles. The number of carbonyl (C=O) groups excluding carboxylic acids is 1. The Kier molecular flexibility index (Phi) is 6.19. The van der Waals surface area contributed by atoms with E-state index in [1.54, 1.807) is 19.4 Å². The van der Waals surface area contributed by atoms with Gasteiger partial charge in [-0.1, -0.05) is 18.2 Å². The molecule has 27 heavy (non-hydrogen) atoms. The average molecular weight is 364 g/mol. The highest BCUT2D eigenvalue weighted by Gasteiger charge is 2.09. The molecule has 1 amide bonds. The number of aromatic nitrogens is 2. The highest BCUT2D eigenvalue weighted by molar-refractivity contribution is 6.02. The van der Waals surface area contributed by atoms with Crippen LogP contribution in [0.1, 0.15) is 10.5 Å². The molecular formula is C20H20N4O3. The Hall–Kier alpha value is -3.61. The zero-order chi connectivity index (χ0) is 18.9. The number of hydrogen-bond acceptors (Lipinski definition) is 6. The fourth-order valence-electron chi connectivity index (χ4n) is 2.29. The molecule has 2 aromatic carbocycles.